The van der Waals surface area contributed by atoms with Gasteiger partial charge in [-0.3, -0.25) is 0 Å². The molecule has 19 heavy (non-hydrogen) atoms. The third kappa shape index (κ3) is 9.92. The van der Waals surface area contributed by atoms with Gasteiger partial charge in [0.05, 0.1) is 0 Å². The molecule has 0 saturated carbocycles. The maximum Gasteiger partial charge on any atom is 0.158 e. The second-order valence-corrected chi connectivity index (χ2v) is 5.18. The Hall–Kier alpha value is -0.600. The van der Waals surface area contributed by atoms with E-state index in [4.69, 9.17) is 4.74 Å². The molecule has 0 aromatic rings. The van der Waals surface area contributed by atoms with Gasteiger partial charge in [0.2, 0.25) is 0 Å². The van der Waals surface area contributed by atoms with Crippen LogP contribution >= 0.6 is 0 Å². The second kappa shape index (κ2) is 12.4. The summed E-state index contributed by atoms with van der Waals surface area (Å²) in [6.07, 6.45) is 13.9. The molecule has 0 spiro atoms. The number of rotatable bonds is 11. The molecule has 0 aromatic carbocycles. The summed E-state index contributed by atoms with van der Waals surface area (Å²) in [4.78, 5) is 0. The Balaban J connectivity index is 4.04. The van der Waals surface area contributed by atoms with E-state index in [0.29, 0.717) is 6.42 Å². The van der Waals surface area contributed by atoms with Crippen molar-refractivity contribution in [3.8, 4) is 0 Å². The van der Waals surface area contributed by atoms with E-state index in [0.717, 1.165) is 17.9 Å². The number of ether oxygens (including phenoxy) is 1. The summed E-state index contributed by atoms with van der Waals surface area (Å²) in [6.45, 7) is 6.53. The first-order chi connectivity index (χ1) is 9.17. The fourth-order valence-electron chi connectivity index (χ4n) is 2.38. The van der Waals surface area contributed by atoms with Crippen LogP contribution in [0, 0.1) is 5.92 Å². The van der Waals surface area contributed by atoms with E-state index < -0.39 is 6.29 Å². The average Bonchev–Trinajstić information content (AvgIpc) is 2.42. The van der Waals surface area contributed by atoms with Crippen molar-refractivity contribution >= 4 is 0 Å². The topological polar surface area (TPSA) is 29.5 Å². The molecule has 0 heterocycles. The normalized spacial score (nSPS) is 14.5. The molecule has 0 saturated heterocycles. The molecule has 0 fully saturated rings. The van der Waals surface area contributed by atoms with Crippen molar-refractivity contribution in [1.82, 2.24) is 0 Å². The number of allylic oxidation sites excluding steroid dienone is 3. The highest BCUT2D eigenvalue weighted by atomic mass is 16.6. The molecule has 2 heteroatoms. The number of aliphatic hydroxyl groups is 1. The Bertz CT molecular complexity index is 250. The van der Waals surface area contributed by atoms with Crippen molar-refractivity contribution in [2.24, 2.45) is 5.92 Å². The van der Waals surface area contributed by atoms with Crippen LogP contribution in [0.4, 0.5) is 0 Å². The van der Waals surface area contributed by atoms with Crippen LogP contribution in [0.5, 0.6) is 0 Å². The lowest BCUT2D eigenvalue weighted by atomic mass is 9.93. The maximum absolute atomic E-state index is 9.45. The van der Waals surface area contributed by atoms with Crippen molar-refractivity contribution in [2.75, 3.05) is 7.11 Å². The SMILES string of the molecule is C/C=C(\C=C/CCC(CCC)CCC)CC(O)OC. The summed E-state index contributed by atoms with van der Waals surface area (Å²) < 4.78 is 4.87. The summed E-state index contributed by atoms with van der Waals surface area (Å²) in [6, 6.07) is 0. The number of aliphatic hydroxyl groups excluding tert-OH is 1. The minimum atomic E-state index is -0.691. The molecule has 0 bridgehead atoms. The first-order valence-electron chi connectivity index (χ1n) is 7.70. The van der Waals surface area contributed by atoms with Gasteiger partial charge in [0.15, 0.2) is 6.29 Å². The summed E-state index contributed by atoms with van der Waals surface area (Å²) in [5.74, 6) is 0.873. The second-order valence-electron chi connectivity index (χ2n) is 5.18. The van der Waals surface area contributed by atoms with E-state index in [-0.39, 0.29) is 0 Å². The molecule has 1 N–H and O–H groups in total. The minimum Gasteiger partial charge on any atom is -0.368 e. The van der Waals surface area contributed by atoms with Crippen LogP contribution in [0.25, 0.3) is 0 Å². The fraction of sp³-hybridized carbons (Fsp3) is 0.765. The molecule has 2 nitrogen and oxygen atoms in total. The van der Waals surface area contributed by atoms with Gasteiger partial charge in [-0.15, -0.1) is 0 Å². The van der Waals surface area contributed by atoms with Crippen LogP contribution in [0.1, 0.15) is 65.7 Å². The lowest BCUT2D eigenvalue weighted by Crippen LogP contribution is -2.09. The van der Waals surface area contributed by atoms with Gasteiger partial charge >= 0.3 is 0 Å². The van der Waals surface area contributed by atoms with Crippen LogP contribution in [0.2, 0.25) is 0 Å². The van der Waals surface area contributed by atoms with Gasteiger partial charge in [0.25, 0.3) is 0 Å². The molecule has 0 aliphatic rings. The summed E-state index contributed by atoms with van der Waals surface area (Å²) >= 11 is 0. The predicted molar refractivity (Wildman–Crippen MR) is 83.1 cm³/mol. The molecule has 0 radical (unpaired) electrons. The Morgan fingerprint density at radius 1 is 1.16 bits per heavy atom. The van der Waals surface area contributed by atoms with Crippen LogP contribution in [-0.2, 0) is 4.74 Å². The molecular formula is C17H32O2. The van der Waals surface area contributed by atoms with E-state index in [9.17, 15) is 5.11 Å². The molecule has 112 valence electrons. The summed E-state index contributed by atoms with van der Waals surface area (Å²) in [5.41, 5.74) is 1.14. The Morgan fingerprint density at radius 3 is 2.26 bits per heavy atom. The summed E-state index contributed by atoms with van der Waals surface area (Å²) in [7, 11) is 1.53. The average molecular weight is 268 g/mol. The molecule has 1 unspecified atom stereocenters. The molecule has 0 aromatic heterocycles. The Labute approximate surface area is 119 Å². The zero-order valence-electron chi connectivity index (χ0n) is 13.2. The standard InChI is InChI=1S/C17H32O2/c1-5-10-16(11-6-2)13-9-8-12-15(7-3)14-17(18)19-4/h7-8,12,16-18H,5-6,9-11,13-14H2,1-4H3/b12-8-,15-7+. The van der Waals surface area contributed by atoms with Crippen molar-refractivity contribution < 1.29 is 9.84 Å². The third-order valence-electron chi connectivity index (χ3n) is 3.52. The van der Waals surface area contributed by atoms with Crippen molar-refractivity contribution in [3.05, 3.63) is 23.8 Å². The third-order valence-corrected chi connectivity index (χ3v) is 3.52. The van der Waals surface area contributed by atoms with Crippen LogP contribution in [-0.4, -0.2) is 18.5 Å². The van der Waals surface area contributed by atoms with Gasteiger partial charge in [-0.2, -0.15) is 0 Å². The minimum absolute atomic E-state index is 0.566. The molecular weight excluding hydrogens is 236 g/mol. The van der Waals surface area contributed by atoms with Crippen molar-refractivity contribution in [2.45, 2.75) is 72.0 Å². The van der Waals surface area contributed by atoms with E-state index in [1.165, 1.54) is 39.2 Å². The number of methoxy groups -OCH3 is 1. The Morgan fingerprint density at radius 2 is 1.79 bits per heavy atom. The Kier molecular flexibility index (Phi) is 12.0. The van der Waals surface area contributed by atoms with E-state index in [1.807, 2.05) is 13.0 Å². The smallest absolute Gasteiger partial charge is 0.158 e. The zero-order chi connectivity index (χ0) is 14.5. The molecule has 0 rings (SSSR count). The largest absolute Gasteiger partial charge is 0.368 e. The maximum atomic E-state index is 9.45. The lowest BCUT2D eigenvalue weighted by Gasteiger charge is -2.13. The molecule has 0 aliphatic carbocycles. The summed E-state index contributed by atoms with van der Waals surface area (Å²) in [5, 5.41) is 9.45. The van der Waals surface area contributed by atoms with Crippen LogP contribution in [0.15, 0.2) is 23.8 Å². The number of hydrogen-bond donors (Lipinski definition) is 1. The van der Waals surface area contributed by atoms with Gasteiger partial charge in [-0.25, -0.2) is 0 Å². The quantitative estimate of drug-likeness (QED) is 0.429. The van der Waals surface area contributed by atoms with Crippen molar-refractivity contribution in [1.29, 1.82) is 0 Å². The fourth-order valence-corrected chi connectivity index (χ4v) is 2.38. The van der Waals surface area contributed by atoms with E-state index in [2.05, 4.69) is 26.0 Å². The zero-order valence-corrected chi connectivity index (χ0v) is 13.2. The van der Waals surface area contributed by atoms with Gasteiger partial charge in [0.1, 0.15) is 0 Å². The van der Waals surface area contributed by atoms with Crippen molar-refractivity contribution in [3.63, 3.8) is 0 Å². The van der Waals surface area contributed by atoms with Gasteiger partial charge in [-0.05, 0) is 31.3 Å². The number of hydrogen-bond acceptors (Lipinski definition) is 2. The highest BCUT2D eigenvalue weighted by Gasteiger charge is 2.05. The van der Waals surface area contributed by atoms with Crippen LogP contribution < -0.4 is 0 Å². The van der Waals surface area contributed by atoms with Gasteiger partial charge in [0, 0.05) is 13.5 Å². The monoisotopic (exact) mass is 268 g/mol. The molecule has 0 amide bonds. The molecule has 1 atom stereocenters. The molecule has 0 aliphatic heterocycles. The van der Waals surface area contributed by atoms with E-state index in [1.54, 1.807) is 0 Å². The van der Waals surface area contributed by atoms with Crippen LogP contribution in [0.3, 0.4) is 0 Å². The lowest BCUT2D eigenvalue weighted by molar-refractivity contribution is -0.0714. The first-order valence-corrected chi connectivity index (χ1v) is 7.70. The predicted octanol–water partition coefficient (Wildman–Crippen LogP) is 4.84. The van der Waals surface area contributed by atoms with Gasteiger partial charge < -0.3 is 9.84 Å². The van der Waals surface area contributed by atoms with E-state index >= 15 is 0 Å². The highest BCUT2D eigenvalue weighted by Crippen LogP contribution is 2.20. The first kappa shape index (κ1) is 18.4. The highest BCUT2D eigenvalue weighted by molar-refractivity contribution is 5.18. The van der Waals surface area contributed by atoms with Gasteiger partial charge in [-0.1, -0.05) is 57.8 Å².